The van der Waals surface area contributed by atoms with Crippen molar-refractivity contribution in [2.24, 2.45) is 11.5 Å². The first-order valence-electron chi connectivity index (χ1n) is 14.8. The number of rotatable bonds is 20. The Morgan fingerprint density at radius 3 is 1.63 bits per heavy atom. The molecular formula is C31H42N6O9. The lowest BCUT2D eigenvalue weighted by atomic mass is 10.0. The normalized spacial score (nSPS) is 14.1. The van der Waals surface area contributed by atoms with Crippen LogP contribution in [-0.2, 0) is 41.6 Å². The van der Waals surface area contributed by atoms with Crippen molar-refractivity contribution in [2.45, 2.75) is 68.7 Å². The third-order valence-electron chi connectivity index (χ3n) is 6.94. The topological polar surface area (TPSA) is 263 Å². The average molecular weight is 643 g/mol. The molecule has 11 N–H and O–H groups in total. The van der Waals surface area contributed by atoms with Gasteiger partial charge in [-0.15, -0.1) is 0 Å². The fourth-order valence-electron chi connectivity index (χ4n) is 4.44. The van der Waals surface area contributed by atoms with E-state index >= 15 is 0 Å². The molecule has 2 rings (SSSR count). The van der Waals surface area contributed by atoms with E-state index in [2.05, 4.69) is 21.3 Å². The van der Waals surface area contributed by atoms with Gasteiger partial charge in [0.05, 0.1) is 19.1 Å². The molecule has 2 aromatic rings. The summed E-state index contributed by atoms with van der Waals surface area (Å²) < 4.78 is 0. The van der Waals surface area contributed by atoms with Crippen LogP contribution in [0.1, 0.15) is 36.8 Å². The van der Waals surface area contributed by atoms with E-state index < -0.39 is 78.8 Å². The molecule has 0 saturated heterocycles. The van der Waals surface area contributed by atoms with Crippen molar-refractivity contribution in [1.29, 1.82) is 0 Å². The van der Waals surface area contributed by atoms with Crippen molar-refractivity contribution >= 4 is 35.6 Å². The number of carboxylic acids is 2. The summed E-state index contributed by atoms with van der Waals surface area (Å²) >= 11 is 0. The Kier molecular flexibility index (Phi) is 15.8. The van der Waals surface area contributed by atoms with E-state index in [9.17, 15) is 44.1 Å². The molecule has 0 fully saturated rings. The zero-order valence-corrected chi connectivity index (χ0v) is 25.3. The highest BCUT2D eigenvalue weighted by atomic mass is 16.4. The van der Waals surface area contributed by atoms with Gasteiger partial charge in [0.1, 0.15) is 24.2 Å². The van der Waals surface area contributed by atoms with Gasteiger partial charge in [0.25, 0.3) is 0 Å². The summed E-state index contributed by atoms with van der Waals surface area (Å²) in [6, 6.07) is 10.7. The second-order valence-corrected chi connectivity index (χ2v) is 10.6. The van der Waals surface area contributed by atoms with E-state index in [4.69, 9.17) is 11.5 Å². The monoisotopic (exact) mass is 642 g/mol. The predicted molar refractivity (Wildman–Crippen MR) is 166 cm³/mol. The number of aliphatic carboxylic acids is 2. The first-order chi connectivity index (χ1) is 21.9. The molecule has 0 aliphatic heterocycles. The maximum Gasteiger partial charge on any atom is 0.326 e. The lowest BCUT2D eigenvalue weighted by Gasteiger charge is -2.25. The lowest BCUT2D eigenvalue weighted by molar-refractivity contribution is -0.144. The minimum Gasteiger partial charge on any atom is -0.481 e. The highest BCUT2D eigenvalue weighted by molar-refractivity contribution is 5.96. The van der Waals surface area contributed by atoms with Crippen LogP contribution in [0.25, 0.3) is 0 Å². The van der Waals surface area contributed by atoms with Crippen LogP contribution in [-0.4, -0.2) is 94.2 Å². The number of hydrogen-bond acceptors (Lipinski definition) is 9. The van der Waals surface area contributed by atoms with Crippen molar-refractivity contribution in [3.8, 4) is 0 Å². The highest BCUT2D eigenvalue weighted by Gasteiger charge is 2.32. The minimum atomic E-state index is -1.73. The van der Waals surface area contributed by atoms with Gasteiger partial charge in [-0.1, -0.05) is 60.7 Å². The molecule has 2 aromatic carbocycles. The van der Waals surface area contributed by atoms with Crippen molar-refractivity contribution in [2.75, 3.05) is 13.2 Å². The smallest absolute Gasteiger partial charge is 0.326 e. The summed E-state index contributed by atoms with van der Waals surface area (Å²) in [6.45, 7) is -0.641. The number of benzene rings is 2. The molecule has 5 atom stereocenters. The van der Waals surface area contributed by atoms with Crippen molar-refractivity contribution in [1.82, 2.24) is 21.3 Å². The van der Waals surface area contributed by atoms with E-state index in [0.29, 0.717) is 24.9 Å². The maximum absolute atomic E-state index is 13.4. The number of aliphatic hydroxyl groups excluding tert-OH is 1. The lowest BCUT2D eigenvalue weighted by Crippen LogP contribution is -2.60. The molecule has 0 heterocycles. The number of carbonyl (C=O) groups is 6. The summed E-state index contributed by atoms with van der Waals surface area (Å²) in [4.78, 5) is 75.3. The fraction of sp³-hybridized carbons (Fsp3) is 0.419. The Labute approximate surface area is 266 Å². The van der Waals surface area contributed by atoms with Crippen LogP contribution in [0.5, 0.6) is 0 Å². The molecule has 250 valence electrons. The molecular weight excluding hydrogens is 600 g/mol. The Balaban J connectivity index is 2.16. The molecule has 15 nitrogen and oxygen atoms in total. The fourth-order valence-corrected chi connectivity index (χ4v) is 4.44. The summed E-state index contributed by atoms with van der Waals surface area (Å²) in [6.07, 6.45) is 0.172. The third-order valence-corrected chi connectivity index (χ3v) is 6.94. The first kappa shape index (κ1) is 37.3. The van der Waals surface area contributed by atoms with E-state index in [1.165, 1.54) is 0 Å². The second kappa shape index (κ2) is 19.5. The second-order valence-electron chi connectivity index (χ2n) is 10.6. The van der Waals surface area contributed by atoms with Crippen molar-refractivity contribution in [3.63, 3.8) is 0 Å². The van der Waals surface area contributed by atoms with Gasteiger partial charge in [-0.3, -0.25) is 24.0 Å². The van der Waals surface area contributed by atoms with E-state index in [1.54, 1.807) is 54.6 Å². The molecule has 15 heteroatoms. The average Bonchev–Trinajstić information content (AvgIpc) is 3.02. The number of amides is 4. The van der Waals surface area contributed by atoms with Crippen molar-refractivity contribution < 1.29 is 44.1 Å². The van der Waals surface area contributed by atoms with E-state index in [-0.39, 0.29) is 19.3 Å². The van der Waals surface area contributed by atoms with Gasteiger partial charge < -0.3 is 48.1 Å². The van der Waals surface area contributed by atoms with Crippen LogP contribution in [0.2, 0.25) is 0 Å². The van der Waals surface area contributed by atoms with Crippen LogP contribution < -0.4 is 32.7 Å². The first-order valence-corrected chi connectivity index (χ1v) is 14.8. The van der Waals surface area contributed by atoms with Crippen LogP contribution in [0.3, 0.4) is 0 Å². The molecule has 46 heavy (non-hydrogen) atoms. The van der Waals surface area contributed by atoms with Gasteiger partial charge >= 0.3 is 11.9 Å². The Morgan fingerprint density at radius 1 is 0.630 bits per heavy atom. The molecule has 4 amide bonds. The number of carboxylic acid groups (broad SMARTS) is 2. The Hall–Kier alpha value is -4.86. The summed E-state index contributed by atoms with van der Waals surface area (Å²) in [5.74, 6) is -6.52. The highest BCUT2D eigenvalue weighted by Crippen LogP contribution is 2.07. The van der Waals surface area contributed by atoms with Gasteiger partial charge in [-0.05, 0) is 43.4 Å². The summed E-state index contributed by atoms with van der Waals surface area (Å²) in [5.41, 5.74) is 13.0. The molecule has 0 aliphatic carbocycles. The molecule has 0 aromatic heterocycles. The van der Waals surface area contributed by atoms with Crippen LogP contribution in [0, 0.1) is 0 Å². The number of nitrogens with two attached hydrogens (primary N) is 2. The zero-order chi connectivity index (χ0) is 34.1. The Bertz CT molecular complexity index is 1310. The number of nitrogens with one attached hydrogen (secondary N) is 4. The van der Waals surface area contributed by atoms with Gasteiger partial charge in [0, 0.05) is 6.42 Å². The van der Waals surface area contributed by atoms with E-state index in [0.717, 1.165) is 5.56 Å². The van der Waals surface area contributed by atoms with E-state index in [1.807, 2.05) is 6.07 Å². The number of hydrogen-bond donors (Lipinski definition) is 9. The minimum absolute atomic E-state index is 0.00101. The molecule has 0 bridgehead atoms. The summed E-state index contributed by atoms with van der Waals surface area (Å²) in [5, 5.41) is 38.0. The van der Waals surface area contributed by atoms with Crippen LogP contribution >= 0.6 is 0 Å². The zero-order valence-electron chi connectivity index (χ0n) is 25.3. The maximum atomic E-state index is 13.4. The third kappa shape index (κ3) is 13.0. The molecule has 0 radical (unpaired) electrons. The predicted octanol–water partition coefficient (Wildman–Crippen LogP) is -1.58. The number of carbonyl (C=O) groups excluding carboxylic acids is 4. The molecule has 0 aliphatic rings. The summed E-state index contributed by atoms with van der Waals surface area (Å²) in [7, 11) is 0. The number of unbranched alkanes of at least 4 members (excludes halogenated alkanes) is 1. The van der Waals surface area contributed by atoms with Crippen molar-refractivity contribution in [3.05, 3.63) is 71.8 Å². The Morgan fingerprint density at radius 2 is 1.11 bits per heavy atom. The largest absolute Gasteiger partial charge is 0.481 e. The number of aliphatic hydroxyl groups is 1. The van der Waals surface area contributed by atoms with Gasteiger partial charge in [-0.25, -0.2) is 4.79 Å². The standard InChI is InChI=1S/C31H42N6O9/c32-14-8-7-13-22(31(45)46)34-29(43)24(17-26(39)40)36-30(44)25(18-38)37-28(42)23(16-20-11-5-2-6-12-20)35-27(41)21(33)15-19-9-3-1-4-10-19/h1-6,9-12,21-25,38H,7-8,13-18,32-33H2,(H,34,43)(H,35,41)(H,36,44)(H,37,42)(H,39,40)(H,45,46)/t21-,22-,23-,24-,25-/m0/s1. The van der Waals surface area contributed by atoms with Gasteiger partial charge in [-0.2, -0.15) is 0 Å². The van der Waals surface area contributed by atoms with Gasteiger partial charge in [0.2, 0.25) is 23.6 Å². The molecule has 0 unspecified atom stereocenters. The van der Waals surface area contributed by atoms with Gasteiger partial charge in [0.15, 0.2) is 0 Å². The quantitative estimate of drug-likeness (QED) is 0.0744. The SMILES string of the molecule is NCCCC[C@H](NC(=O)[C@H](CC(=O)O)NC(=O)[C@H](CO)NC(=O)[C@H](Cc1ccccc1)NC(=O)[C@@H](N)Cc1ccccc1)C(=O)O. The molecule has 0 saturated carbocycles. The molecule has 0 spiro atoms. The van der Waals surface area contributed by atoms with Crippen LogP contribution in [0.4, 0.5) is 0 Å². The van der Waals surface area contributed by atoms with Crippen LogP contribution in [0.15, 0.2) is 60.7 Å².